The number of hydrogen-bond acceptors (Lipinski definition) is 5. The Morgan fingerprint density at radius 2 is 2.26 bits per heavy atom. The molecule has 2 aromatic rings. The van der Waals surface area contributed by atoms with Gasteiger partial charge in [0.1, 0.15) is 4.88 Å². The van der Waals surface area contributed by atoms with Gasteiger partial charge in [0.2, 0.25) is 5.88 Å². The van der Waals surface area contributed by atoms with Crippen molar-refractivity contribution in [3.8, 4) is 5.88 Å². The molecule has 0 atom stereocenters. The Hall–Kier alpha value is -1.95. The number of aryl methyl sites for hydroxylation is 2. The highest BCUT2D eigenvalue weighted by molar-refractivity contribution is 7.13. The van der Waals surface area contributed by atoms with Crippen molar-refractivity contribution in [2.45, 2.75) is 20.4 Å². The van der Waals surface area contributed by atoms with Gasteiger partial charge >= 0.3 is 0 Å². The van der Waals surface area contributed by atoms with Crippen molar-refractivity contribution in [3.05, 3.63) is 39.5 Å². The molecule has 2 rings (SSSR count). The Morgan fingerprint density at radius 1 is 1.47 bits per heavy atom. The summed E-state index contributed by atoms with van der Waals surface area (Å²) >= 11 is 1.41. The first-order chi connectivity index (χ1) is 9.10. The molecular formula is C13H15N3O2S. The lowest BCUT2D eigenvalue weighted by molar-refractivity contribution is 0.0954. The number of hydrogen-bond donors (Lipinski definition) is 1. The number of nitrogens with one attached hydrogen (secondary N) is 1. The molecule has 0 aromatic carbocycles. The van der Waals surface area contributed by atoms with E-state index in [2.05, 4.69) is 15.3 Å². The fraction of sp³-hybridized carbons (Fsp3) is 0.308. The van der Waals surface area contributed by atoms with Gasteiger partial charge in [-0.25, -0.2) is 9.97 Å². The van der Waals surface area contributed by atoms with Gasteiger partial charge in [0.05, 0.1) is 17.8 Å². The standard InChI is InChI=1S/C13H15N3O2S/c1-8-12(19-9(2)16-8)13(17)15-7-10-4-5-14-11(6-10)18-3/h4-6H,7H2,1-3H3,(H,15,17). The van der Waals surface area contributed by atoms with E-state index in [0.717, 1.165) is 16.3 Å². The van der Waals surface area contributed by atoms with Crippen LogP contribution in [0.5, 0.6) is 5.88 Å². The van der Waals surface area contributed by atoms with Crippen LogP contribution in [0.3, 0.4) is 0 Å². The van der Waals surface area contributed by atoms with Crippen LogP contribution in [-0.2, 0) is 6.54 Å². The van der Waals surface area contributed by atoms with Crippen LogP contribution in [0.1, 0.15) is 25.9 Å². The molecule has 100 valence electrons. The largest absolute Gasteiger partial charge is 0.481 e. The maximum Gasteiger partial charge on any atom is 0.263 e. The molecule has 0 aliphatic heterocycles. The van der Waals surface area contributed by atoms with Crippen molar-refractivity contribution in [1.82, 2.24) is 15.3 Å². The number of pyridine rings is 1. The Bertz CT molecular complexity index is 595. The second-order valence-corrected chi connectivity index (χ2v) is 5.24. The van der Waals surface area contributed by atoms with Crippen molar-refractivity contribution in [1.29, 1.82) is 0 Å². The molecule has 0 radical (unpaired) electrons. The van der Waals surface area contributed by atoms with Crippen molar-refractivity contribution >= 4 is 17.2 Å². The minimum atomic E-state index is -0.0983. The van der Waals surface area contributed by atoms with Gasteiger partial charge < -0.3 is 10.1 Å². The summed E-state index contributed by atoms with van der Waals surface area (Å²) in [4.78, 5) is 20.9. The molecule has 0 saturated carbocycles. The average molecular weight is 277 g/mol. The van der Waals surface area contributed by atoms with Crippen LogP contribution in [0.25, 0.3) is 0 Å². The fourth-order valence-electron chi connectivity index (χ4n) is 1.68. The zero-order valence-electron chi connectivity index (χ0n) is 11.1. The fourth-order valence-corrected chi connectivity index (χ4v) is 2.51. The number of methoxy groups -OCH3 is 1. The third-order valence-electron chi connectivity index (χ3n) is 2.57. The highest BCUT2D eigenvalue weighted by Crippen LogP contribution is 2.17. The van der Waals surface area contributed by atoms with Crippen LogP contribution >= 0.6 is 11.3 Å². The van der Waals surface area contributed by atoms with Gasteiger partial charge in [0.15, 0.2) is 0 Å². The summed E-state index contributed by atoms with van der Waals surface area (Å²) < 4.78 is 5.04. The molecule has 0 fully saturated rings. The lowest BCUT2D eigenvalue weighted by atomic mass is 10.2. The molecule has 0 aliphatic rings. The number of ether oxygens (including phenoxy) is 1. The van der Waals surface area contributed by atoms with Crippen LogP contribution in [0.4, 0.5) is 0 Å². The molecule has 1 amide bonds. The number of amides is 1. The number of nitrogens with zero attached hydrogens (tertiary/aromatic N) is 2. The van der Waals surface area contributed by atoms with Gasteiger partial charge in [-0.05, 0) is 25.5 Å². The summed E-state index contributed by atoms with van der Waals surface area (Å²) in [7, 11) is 1.56. The molecule has 0 unspecified atom stereocenters. The maximum atomic E-state index is 12.0. The predicted octanol–water partition coefficient (Wildman–Crippen LogP) is 2.09. The van der Waals surface area contributed by atoms with E-state index in [1.807, 2.05) is 19.9 Å². The lowest BCUT2D eigenvalue weighted by Crippen LogP contribution is -2.22. The van der Waals surface area contributed by atoms with Gasteiger partial charge in [0, 0.05) is 18.8 Å². The molecule has 6 heteroatoms. The summed E-state index contributed by atoms with van der Waals surface area (Å²) in [5.41, 5.74) is 1.71. The summed E-state index contributed by atoms with van der Waals surface area (Å²) in [5, 5.41) is 3.77. The number of aromatic nitrogens is 2. The highest BCUT2D eigenvalue weighted by atomic mass is 32.1. The van der Waals surface area contributed by atoms with E-state index in [1.165, 1.54) is 11.3 Å². The summed E-state index contributed by atoms with van der Waals surface area (Å²) in [6.45, 7) is 4.17. The van der Waals surface area contributed by atoms with Crippen LogP contribution in [-0.4, -0.2) is 23.0 Å². The Balaban J connectivity index is 2.02. The minimum absolute atomic E-state index is 0.0983. The van der Waals surface area contributed by atoms with Crippen LogP contribution < -0.4 is 10.1 Å². The van der Waals surface area contributed by atoms with Crippen molar-refractivity contribution in [2.75, 3.05) is 7.11 Å². The zero-order valence-corrected chi connectivity index (χ0v) is 11.9. The first-order valence-electron chi connectivity index (χ1n) is 5.81. The lowest BCUT2D eigenvalue weighted by Gasteiger charge is -2.05. The third kappa shape index (κ3) is 3.29. The smallest absolute Gasteiger partial charge is 0.263 e. The SMILES string of the molecule is COc1cc(CNC(=O)c2sc(C)nc2C)ccn1. The second-order valence-electron chi connectivity index (χ2n) is 4.04. The van der Waals surface area contributed by atoms with E-state index in [-0.39, 0.29) is 5.91 Å². The van der Waals surface area contributed by atoms with Crippen molar-refractivity contribution < 1.29 is 9.53 Å². The van der Waals surface area contributed by atoms with Gasteiger partial charge in [-0.15, -0.1) is 11.3 Å². The van der Waals surface area contributed by atoms with E-state index >= 15 is 0 Å². The normalized spacial score (nSPS) is 10.3. The first-order valence-corrected chi connectivity index (χ1v) is 6.63. The number of rotatable bonds is 4. The van der Waals surface area contributed by atoms with E-state index in [0.29, 0.717) is 17.3 Å². The van der Waals surface area contributed by atoms with Crippen LogP contribution in [0.15, 0.2) is 18.3 Å². The van der Waals surface area contributed by atoms with E-state index in [4.69, 9.17) is 4.74 Å². The number of carbonyl (C=O) groups is 1. The van der Waals surface area contributed by atoms with E-state index in [9.17, 15) is 4.79 Å². The molecule has 2 heterocycles. The third-order valence-corrected chi connectivity index (χ3v) is 3.64. The molecule has 5 nitrogen and oxygen atoms in total. The average Bonchev–Trinajstić information content (AvgIpc) is 2.75. The quantitative estimate of drug-likeness (QED) is 0.929. The first kappa shape index (κ1) is 13.5. The maximum absolute atomic E-state index is 12.0. The van der Waals surface area contributed by atoms with Crippen LogP contribution in [0, 0.1) is 13.8 Å². The number of carbonyl (C=O) groups excluding carboxylic acids is 1. The van der Waals surface area contributed by atoms with Crippen molar-refractivity contribution in [3.63, 3.8) is 0 Å². The van der Waals surface area contributed by atoms with E-state index < -0.39 is 0 Å². The van der Waals surface area contributed by atoms with Gasteiger partial charge in [-0.1, -0.05) is 0 Å². The Kier molecular flexibility index (Phi) is 4.11. The highest BCUT2D eigenvalue weighted by Gasteiger charge is 2.13. The monoisotopic (exact) mass is 277 g/mol. The van der Waals surface area contributed by atoms with Gasteiger partial charge in [-0.3, -0.25) is 4.79 Å². The van der Waals surface area contributed by atoms with Gasteiger partial charge in [0.25, 0.3) is 5.91 Å². The second kappa shape index (κ2) is 5.79. The topological polar surface area (TPSA) is 64.1 Å². The minimum Gasteiger partial charge on any atom is -0.481 e. The molecule has 0 spiro atoms. The zero-order chi connectivity index (χ0) is 13.8. The summed E-state index contributed by atoms with van der Waals surface area (Å²) in [6, 6.07) is 3.64. The molecule has 2 aromatic heterocycles. The van der Waals surface area contributed by atoms with Crippen molar-refractivity contribution in [2.24, 2.45) is 0 Å². The molecule has 0 aliphatic carbocycles. The molecule has 0 saturated heterocycles. The van der Waals surface area contributed by atoms with Gasteiger partial charge in [-0.2, -0.15) is 0 Å². The Morgan fingerprint density at radius 3 is 2.89 bits per heavy atom. The summed E-state index contributed by atoms with van der Waals surface area (Å²) in [6.07, 6.45) is 1.66. The molecule has 19 heavy (non-hydrogen) atoms. The Labute approximate surface area is 115 Å². The number of thiazole rings is 1. The van der Waals surface area contributed by atoms with Crippen LogP contribution in [0.2, 0.25) is 0 Å². The molecular weight excluding hydrogens is 262 g/mol. The predicted molar refractivity (Wildman–Crippen MR) is 73.5 cm³/mol. The molecule has 0 bridgehead atoms. The molecule has 1 N–H and O–H groups in total. The summed E-state index contributed by atoms with van der Waals surface area (Å²) in [5.74, 6) is 0.440. The van der Waals surface area contributed by atoms with E-state index in [1.54, 1.807) is 19.4 Å².